The zero-order valence-electron chi connectivity index (χ0n) is 15.1. The lowest BCUT2D eigenvalue weighted by Crippen LogP contribution is -2.55. The highest BCUT2D eigenvalue weighted by atomic mass is 32.1. The van der Waals surface area contributed by atoms with E-state index in [0.717, 1.165) is 0 Å². The van der Waals surface area contributed by atoms with Crippen LogP contribution in [0, 0.1) is 5.92 Å². The van der Waals surface area contributed by atoms with Gasteiger partial charge in [-0.3, -0.25) is 19.2 Å². The summed E-state index contributed by atoms with van der Waals surface area (Å²) in [5.41, 5.74) is 5.43. The molecular formula is C15H26N4O7S. The van der Waals surface area contributed by atoms with Crippen LogP contribution < -0.4 is 21.7 Å². The van der Waals surface area contributed by atoms with Gasteiger partial charge in [-0.05, 0) is 5.92 Å². The van der Waals surface area contributed by atoms with E-state index in [1.165, 1.54) is 0 Å². The lowest BCUT2D eigenvalue weighted by molar-refractivity contribution is -0.144. The molecule has 0 saturated heterocycles. The minimum atomic E-state index is -1.50. The molecule has 0 aliphatic rings. The summed E-state index contributed by atoms with van der Waals surface area (Å²) < 4.78 is 0. The number of hydrogen-bond acceptors (Lipinski definition) is 7. The van der Waals surface area contributed by atoms with Gasteiger partial charge in [-0.2, -0.15) is 12.6 Å². The van der Waals surface area contributed by atoms with Crippen LogP contribution in [0.25, 0.3) is 0 Å². The Kier molecular flexibility index (Phi) is 11.1. The molecule has 0 rings (SSSR count). The summed E-state index contributed by atoms with van der Waals surface area (Å²) in [6.45, 7) is 2.82. The normalized spacial score (nSPS) is 15.0. The van der Waals surface area contributed by atoms with Gasteiger partial charge in [0.25, 0.3) is 0 Å². The number of amides is 3. The van der Waals surface area contributed by atoms with Gasteiger partial charge in [0.1, 0.15) is 12.1 Å². The number of carboxylic acids is 2. The van der Waals surface area contributed by atoms with E-state index in [-0.39, 0.29) is 5.75 Å². The molecule has 0 aliphatic carbocycles. The van der Waals surface area contributed by atoms with Gasteiger partial charge in [0.15, 0.2) is 0 Å². The Morgan fingerprint density at radius 1 is 1.07 bits per heavy atom. The number of aliphatic carboxylic acids is 2. The zero-order valence-corrected chi connectivity index (χ0v) is 16.0. The monoisotopic (exact) mass is 406 g/mol. The Bertz CT molecular complexity index is 572. The second kappa shape index (κ2) is 12.1. The Hall–Kier alpha value is -2.34. The summed E-state index contributed by atoms with van der Waals surface area (Å²) in [5, 5.41) is 24.7. The average molecular weight is 406 g/mol. The molecule has 0 radical (unpaired) electrons. The number of carbonyl (C=O) groups is 5. The van der Waals surface area contributed by atoms with Crippen LogP contribution in [0.5, 0.6) is 0 Å². The molecule has 0 saturated carbocycles. The van der Waals surface area contributed by atoms with Crippen LogP contribution in [0.2, 0.25) is 0 Å². The third kappa shape index (κ3) is 9.24. The van der Waals surface area contributed by atoms with E-state index in [0.29, 0.717) is 6.42 Å². The van der Waals surface area contributed by atoms with Crippen LogP contribution in [-0.2, 0) is 24.0 Å². The summed E-state index contributed by atoms with van der Waals surface area (Å²) in [6.07, 6.45) is -0.293. The van der Waals surface area contributed by atoms with E-state index in [1.54, 1.807) is 13.8 Å². The maximum atomic E-state index is 12.3. The van der Waals surface area contributed by atoms with Crippen molar-refractivity contribution >= 4 is 42.3 Å². The first-order valence-corrected chi connectivity index (χ1v) is 8.85. The molecule has 4 unspecified atom stereocenters. The van der Waals surface area contributed by atoms with E-state index < -0.39 is 66.7 Å². The summed E-state index contributed by atoms with van der Waals surface area (Å²) in [6, 6.07) is -3.66. The SMILES string of the molecule is CCC(C)C(NC(=O)C(CC(=O)O)NC(=O)CNC(=O)C(N)CS)C(=O)O. The van der Waals surface area contributed by atoms with Crippen molar-refractivity contribution in [2.24, 2.45) is 11.7 Å². The topological polar surface area (TPSA) is 188 Å². The molecule has 0 aliphatic heterocycles. The fourth-order valence-electron chi connectivity index (χ4n) is 1.95. The van der Waals surface area contributed by atoms with E-state index in [2.05, 4.69) is 28.6 Å². The van der Waals surface area contributed by atoms with Crippen molar-refractivity contribution in [3.8, 4) is 0 Å². The Balaban J connectivity index is 4.97. The van der Waals surface area contributed by atoms with E-state index in [1.807, 2.05) is 0 Å². The average Bonchev–Trinajstić information content (AvgIpc) is 2.61. The third-order valence-electron chi connectivity index (χ3n) is 3.76. The predicted molar refractivity (Wildman–Crippen MR) is 98.0 cm³/mol. The molecule has 0 spiro atoms. The molecule has 12 heteroatoms. The molecule has 0 fully saturated rings. The Morgan fingerprint density at radius 2 is 1.67 bits per heavy atom. The molecule has 0 bridgehead atoms. The lowest BCUT2D eigenvalue weighted by atomic mass is 9.98. The van der Waals surface area contributed by atoms with Gasteiger partial charge in [0.05, 0.1) is 19.0 Å². The smallest absolute Gasteiger partial charge is 0.326 e. The highest BCUT2D eigenvalue weighted by molar-refractivity contribution is 7.80. The summed E-state index contributed by atoms with van der Waals surface area (Å²) >= 11 is 3.84. The minimum absolute atomic E-state index is 0.0592. The fraction of sp³-hybridized carbons (Fsp3) is 0.667. The summed E-state index contributed by atoms with van der Waals surface area (Å²) in [7, 11) is 0. The maximum absolute atomic E-state index is 12.3. The van der Waals surface area contributed by atoms with Crippen molar-refractivity contribution in [3.63, 3.8) is 0 Å². The van der Waals surface area contributed by atoms with Crippen molar-refractivity contribution < 1.29 is 34.2 Å². The van der Waals surface area contributed by atoms with Crippen LogP contribution in [0.3, 0.4) is 0 Å². The maximum Gasteiger partial charge on any atom is 0.326 e. The van der Waals surface area contributed by atoms with Crippen molar-refractivity contribution in [1.29, 1.82) is 0 Å². The van der Waals surface area contributed by atoms with Gasteiger partial charge in [-0.25, -0.2) is 4.79 Å². The molecule has 0 aromatic heterocycles. The van der Waals surface area contributed by atoms with E-state index in [9.17, 15) is 29.1 Å². The number of thiol groups is 1. The molecule has 154 valence electrons. The number of nitrogens with two attached hydrogens (primary N) is 1. The molecule has 3 amide bonds. The molecule has 11 nitrogen and oxygen atoms in total. The predicted octanol–water partition coefficient (Wildman–Crippen LogP) is -2.07. The molecule has 27 heavy (non-hydrogen) atoms. The molecule has 0 heterocycles. The number of rotatable bonds is 12. The Labute approximate surface area is 161 Å². The van der Waals surface area contributed by atoms with Gasteiger partial charge < -0.3 is 31.9 Å². The van der Waals surface area contributed by atoms with Gasteiger partial charge >= 0.3 is 11.9 Å². The second-order valence-electron chi connectivity index (χ2n) is 5.93. The summed E-state index contributed by atoms with van der Waals surface area (Å²) in [5.74, 6) is -5.40. The van der Waals surface area contributed by atoms with Crippen LogP contribution in [0.4, 0.5) is 0 Å². The molecular weight excluding hydrogens is 380 g/mol. The first-order valence-electron chi connectivity index (χ1n) is 8.21. The molecule has 4 atom stereocenters. The number of carbonyl (C=O) groups excluding carboxylic acids is 3. The minimum Gasteiger partial charge on any atom is -0.481 e. The van der Waals surface area contributed by atoms with Gasteiger partial charge in [0, 0.05) is 5.75 Å². The fourth-order valence-corrected chi connectivity index (χ4v) is 2.11. The second-order valence-corrected chi connectivity index (χ2v) is 6.30. The standard InChI is InChI=1S/C15H26N4O7S/c1-3-7(2)12(15(25)26)19-14(24)9(4-11(21)22)18-10(20)5-17-13(23)8(16)6-27/h7-9,12,27H,3-6,16H2,1-2H3,(H,17,23)(H,18,20)(H,19,24)(H,21,22)(H,25,26). The van der Waals surface area contributed by atoms with Gasteiger partial charge in [-0.15, -0.1) is 0 Å². The van der Waals surface area contributed by atoms with Crippen LogP contribution in [-0.4, -0.2) is 70.3 Å². The quantitative estimate of drug-likeness (QED) is 0.180. The zero-order chi connectivity index (χ0) is 21.1. The van der Waals surface area contributed by atoms with Gasteiger partial charge in [0.2, 0.25) is 17.7 Å². The van der Waals surface area contributed by atoms with Crippen LogP contribution >= 0.6 is 12.6 Å². The van der Waals surface area contributed by atoms with E-state index in [4.69, 9.17) is 10.8 Å². The van der Waals surface area contributed by atoms with Crippen LogP contribution in [0.15, 0.2) is 0 Å². The highest BCUT2D eigenvalue weighted by Gasteiger charge is 2.30. The lowest BCUT2D eigenvalue weighted by Gasteiger charge is -2.23. The highest BCUT2D eigenvalue weighted by Crippen LogP contribution is 2.08. The van der Waals surface area contributed by atoms with Gasteiger partial charge in [-0.1, -0.05) is 20.3 Å². The summed E-state index contributed by atoms with van der Waals surface area (Å²) in [4.78, 5) is 57.9. The number of carboxylic acid groups (broad SMARTS) is 2. The first kappa shape index (κ1) is 24.7. The number of hydrogen-bond donors (Lipinski definition) is 7. The largest absolute Gasteiger partial charge is 0.481 e. The molecule has 7 N–H and O–H groups in total. The Morgan fingerprint density at radius 3 is 2.11 bits per heavy atom. The first-order chi connectivity index (χ1) is 12.5. The van der Waals surface area contributed by atoms with Crippen LogP contribution in [0.1, 0.15) is 26.7 Å². The van der Waals surface area contributed by atoms with Crippen molar-refractivity contribution in [2.45, 2.75) is 44.8 Å². The molecule has 0 aromatic carbocycles. The van der Waals surface area contributed by atoms with Crippen molar-refractivity contribution in [2.75, 3.05) is 12.3 Å². The molecule has 0 aromatic rings. The third-order valence-corrected chi connectivity index (χ3v) is 4.16. The van der Waals surface area contributed by atoms with Crippen molar-refractivity contribution in [3.05, 3.63) is 0 Å². The van der Waals surface area contributed by atoms with Crippen molar-refractivity contribution in [1.82, 2.24) is 16.0 Å². The van der Waals surface area contributed by atoms with E-state index >= 15 is 0 Å². The number of nitrogens with one attached hydrogen (secondary N) is 3.